The zero-order chi connectivity index (χ0) is 29.0. The van der Waals surface area contributed by atoms with E-state index in [1.165, 1.54) is 26.9 Å². The fraction of sp³-hybridized carbons (Fsp3) is 0. The van der Waals surface area contributed by atoms with E-state index in [-0.39, 0.29) is 0 Å². The van der Waals surface area contributed by atoms with Crippen LogP contribution < -0.4 is 4.90 Å². The second kappa shape index (κ2) is 9.86. The van der Waals surface area contributed by atoms with Crippen LogP contribution in [0.1, 0.15) is 0 Å². The fourth-order valence-electron chi connectivity index (χ4n) is 6.86. The zero-order valence-electron chi connectivity index (χ0n) is 23.9. The molecule has 9 aromatic rings. The summed E-state index contributed by atoms with van der Waals surface area (Å²) in [6, 6.07) is 58.4. The number of anilines is 3. The monoisotopic (exact) mass is 561 g/mol. The average Bonchev–Trinajstić information content (AvgIpc) is 3.50. The first-order valence-corrected chi connectivity index (χ1v) is 15.0. The van der Waals surface area contributed by atoms with Crippen LogP contribution in [-0.2, 0) is 0 Å². The normalized spacial score (nSPS) is 11.6. The van der Waals surface area contributed by atoms with E-state index in [4.69, 9.17) is 4.42 Å². The first kappa shape index (κ1) is 24.7. The van der Waals surface area contributed by atoms with Crippen molar-refractivity contribution < 1.29 is 4.42 Å². The number of furan rings is 1. The SMILES string of the molecule is c1ccc(-c2ccc3oc4c5ccccc5c5ccccc5c4c3c2N(c2ccccc2)c2ccc3ccccc3c2)cc1. The van der Waals surface area contributed by atoms with Crippen LogP contribution in [0.2, 0.25) is 0 Å². The summed E-state index contributed by atoms with van der Waals surface area (Å²) < 4.78 is 6.87. The maximum absolute atomic E-state index is 6.87. The minimum absolute atomic E-state index is 0.873. The van der Waals surface area contributed by atoms with E-state index in [0.29, 0.717) is 0 Å². The molecule has 9 rings (SSSR count). The summed E-state index contributed by atoms with van der Waals surface area (Å²) in [6.45, 7) is 0. The third-order valence-corrected chi connectivity index (χ3v) is 8.80. The van der Waals surface area contributed by atoms with Crippen molar-refractivity contribution in [2.45, 2.75) is 0 Å². The number of benzene rings is 8. The van der Waals surface area contributed by atoms with Crippen molar-refractivity contribution in [3.8, 4) is 11.1 Å². The molecule has 0 radical (unpaired) electrons. The number of hydrogen-bond donors (Lipinski definition) is 0. The summed E-state index contributed by atoms with van der Waals surface area (Å²) in [6.07, 6.45) is 0. The predicted molar refractivity (Wildman–Crippen MR) is 186 cm³/mol. The Morgan fingerprint density at radius 3 is 1.80 bits per heavy atom. The van der Waals surface area contributed by atoms with Crippen LogP contribution in [0.3, 0.4) is 0 Å². The van der Waals surface area contributed by atoms with Crippen molar-refractivity contribution in [2.24, 2.45) is 0 Å². The van der Waals surface area contributed by atoms with Crippen LogP contribution in [0, 0.1) is 0 Å². The van der Waals surface area contributed by atoms with Gasteiger partial charge in [-0.2, -0.15) is 0 Å². The largest absolute Gasteiger partial charge is 0.455 e. The second-order valence-electron chi connectivity index (χ2n) is 11.3. The quantitative estimate of drug-likeness (QED) is 0.199. The molecule has 8 aromatic carbocycles. The molecule has 0 amide bonds. The summed E-state index contributed by atoms with van der Waals surface area (Å²) in [7, 11) is 0. The Morgan fingerprint density at radius 2 is 1.02 bits per heavy atom. The lowest BCUT2D eigenvalue weighted by Crippen LogP contribution is -2.11. The molecule has 0 aliphatic rings. The van der Waals surface area contributed by atoms with Gasteiger partial charge in [0.05, 0.1) is 11.1 Å². The van der Waals surface area contributed by atoms with Gasteiger partial charge in [0, 0.05) is 27.7 Å². The number of hydrogen-bond acceptors (Lipinski definition) is 2. The highest BCUT2D eigenvalue weighted by molar-refractivity contribution is 6.33. The van der Waals surface area contributed by atoms with Gasteiger partial charge in [0.2, 0.25) is 0 Å². The van der Waals surface area contributed by atoms with E-state index < -0.39 is 0 Å². The fourth-order valence-corrected chi connectivity index (χ4v) is 6.86. The maximum atomic E-state index is 6.87. The molecule has 0 unspecified atom stereocenters. The van der Waals surface area contributed by atoms with E-state index in [0.717, 1.165) is 55.5 Å². The third-order valence-electron chi connectivity index (χ3n) is 8.80. The summed E-state index contributed by atoms with van der Waals surface area (Å²) >= 11 is 0. The van der Waals surface area contributed by atoms with E-state index in [1.807, 2.05) is 0 Å². The Balaban J connectivity index is 1.50. The van der Waals surface area contributed by atoms with Crippen molar-refractivity contribution in [1.29, 1.82) is 0 Å². The van der Waals surface area contributed by atoms with E-state index in [1.54, 1.807) is 0 Å². The molecular formula is C42H27NO. The molecule has 0 spiro atoms. The lowest BCUT2D eigenvalue weighted by molar-refractivity contribution is 0.673. The molecule has 2 heteroatoms. The van der Waals surface area contributed by atoms with Crippen LogP contribution in [0.4, 0.5) is 17.1 Å². The molecule has 0 saturated carbocycles. The highest BCUT2D eigenvalue weighted by atomic mass is 16.3. The molecule has 0 fully saturated rings. The number of rotatable bonds is 4. The lowest BCUT2D eigenvalue weighted by atomic mass is 9.93. The van der Waals surface area contributed by atoms with Crippen molar-refractivity contribution in [3.63, 3.8) is 0 Å². The maximum Gasteiger partial charge on any atom is 0.143 e. The third kappa shape index (κ3) is 3.75. The smallest absolute Gasteiger partial charge is 0.143 e. The van der Waals surface area contributed by atoms with Crippen molar-refractivity contribution in [1.82, 2.24) is 0 Å². The molecule has 2 nitrogen and oxygen atoms in total. The van der Waals surface area contributed by atoms with Gasteiger partial charge in [-0.15, -0.1) is 0 Å². The predicted octanol–water partition coefficient (Wildman–Crippen LogP) is 12.2. The Labute approximate surface area is 255 Å². The van der Waals surface area contributed by atoms with Crippen LogP contribution >= 0.6 is 0 Å². The van der Waals surface area contributed by atoms with Crippen LogP contribution in [0.15, 0.2) is 168 Å². The lowest BCUT2D eigenvalue weighted by Gasteiger charge is -2.29. The number of fused-ring (bicyclic) bond motifs is 9. The molecule has 1 aromatic heterocycles. The van der Waals surface area contributed by atoms with E-state index in [9.17, 15) is 0 Å². The van der Waals surface area contributed by atoms with E-state index >= 15 is 0 Å². The highest BCUT2D eigenvalue weighted by Gasteiger charge is 2.25. The van der Waals surface area contributed by atoms with Gasteiger partial charge in [-0.05, 0) is 68.9 Å². The van der Waals surface area contributed by atoms with Crippen molar-refractivity contribution in [3.05, 3.63) is 164 Å². The molecule has 0 aliphatic carbocycles. The topological polar surface area (TPSA) is 16.4 Å². The molecule has 44 heavy (non-hydrogen) atoms. The molecule has 0 bridgehead atoms. The highest BCUT2D eigenvalue weighted by Crippen LogP contribution is 2.51. The van der Waals surface area contributed by atoms with Gasteiger partial charge in [0.25, 0.3) is 0 Å². The molecule has 206 valence electrons. The average molecular weight is 562 g/mol. The standard InChI is InChI=1S/C42H27NO/c1-3-14-29(15-4-1)33-25-26-38-40(39-36-21-11-9-19-34(36)35-20-10-12-22-37(35)42(39)44-38)41(33)43(31-17-5-2-6-18-31)32-24-23-28-13-7-8-16-30(28)27-32/h1-27H. The second-order valence-corrected chi connectivity index (χ2v) is 11.3. The Bertz CT molecular complexity index is 2490. The summed E-state index contributed by atoms with van der Waals surface area (Å²) in [5.74, 6) is 0. The van der Waals surface area contributed by atoms with Gasteiger partial charge >= 0.3 is 0 Å². The number of para-hydroxylation sites is 1. The van der Waals surface area contributed by atoms with Gasteiger partial charge in [-0.1, -0.05) is 127 Å². The van der Waals surface area contributed by atoms with Gasteiger partial charge in [-0.25, -0.2) is 0 Å². The van der Waals surface area contributed by atoms with Gasteiger partial charge in [-0.3, -0.25) is 0 Å². The van der Waals surface area contributed by atoms with Crippen LogP contribution in [0.25, 0.3) is 65.4 Å². The van der Waals surface area contributed by atoms with Crippen LogP contribution in [0.5, 0.6) is 0 Å². The summed E-state index contributed by atoms with van der Waals surface area (Å²) in [5, 5.41) is 9.42. The molecule has 0 saturated heterocycles. The first-order valence-electron chi connectivity index (χ1n) is 15.0. The van der Waals surface area contributed by atoms with Crippen molar-refractivity contribution >= 4 is 71.3 Å². The van der Waals surface area contributed by atoms with Gasteiger partial charge in [0.1, 0.15) is 11.2 Å². The molecule has 1 heterocycles. The number of nitrogens with zero attached hydrogens (tertiary/aromatic N) is 1. The minimum Gasteiger partial charge on any atom is -0.455 e. The summed E-state index contributed by atoms with van der Waals surface area (Å²) in [5.41, 5.74) is 7.39. The zero-order valence-corrected chi connectivity index (χ0v) is 23.9. The molecule has 0 aliphatic heterocycles. The van der Waals surface area contributed by atoms with Crippen LogP contribution in [-0.4, -0.2) is 0 Å². The summed E-state index contributed by atoms with van der Waals surface area (Å²) in [4.78, 5) is 2.41. The molecule has 0 N–H and O–H groups in total. The molecular weight excluding hydrogens is 534 g/mol. The van der Waals surface area contributed by atoms with Crippen molar-refractivity contribution in [2.75, 3.05) is 4.90 Å². The Morgan fingerprint density at radius 1 is 0.409 bits per heavy atom. The Hall–Kier alpha value is -5.86. The molecule has 0 atom stereocenters. The minimum atomic E-state index is 0.873. The van der Waals surface area contributed by atoms with Gasteiger partial charge < -0.3 is 9.32 Å². The van der Waals surface area contributed by atoms with E-state index in [2.05, 4.69) is 169 Å². The Kier molecular flexibility index (Phi) is 5.54. The first-order chi connectivity index (χ1) is 21.8. The van der Waals surface area contributed by atoms with Gasteiger partial charge in [0.15, 0.2) is 0 Å².